The van der Waals surface area contributed by atoms with E-state index in [1.165, 1.54) is 0 Å². The molecule has 1 saturated heterocycles. The first-order chi connectivity index (χ1) is 11.4. The lowest BCUT2D eigenvalue weighted by Gasteiger charge is -2.39. The van der Waals surface area contributed by atoms with E-state index in [1.54, 1.807) is 11.1 Å². The molecule has 2 rings (SSSR count). The minimum atomic E-state index is -0.838. The van der Waals surface area contributed by atoms with Crippen molar-refractivity contribution in [1.29, 1.82) is 0 Å². The van der Waals surface area contributed by atoms with E-state index >= 15 is 0 Å². The maximum atomic E-state index is 12.5. The molecule has 0 aromatic carbocycles. The number of carbonyl (C=O) groups is 2. The molecule has 6 heteroatoms. The predicted molar refractivity (Wildman–Crippen MR) is 91.5 cm³/mol. The summed E-state index contributed by atoms with van der Waals surface area (Å²) in [6, 6.07) is 0. The van der Waals surface area contributed by atoms with Crippen molar-refractivity contribution < 1.29 is 14.7 Å². The molecule has 1 aromatic heterocycles. The van der Waals surface area contributed by atoms with Gasteiger partial charge in [-0.1, -0.05) is 11.6 Å². The minimum Gasteiger partial charge on any atom is -0.481 e. The largest absolute Gasteiger partial charge is 0.481 e. The number of hydrogen-bond donors (Lipinski definition) is 2. The summed E-state index contributed by atoms with van der Waals surface area (Å²) in [6.07, 6.45) is 9.44. The van der Waals surface area contributed by atoms with Crippen LogP contribution < -0.4 is 0 Å². The molecule has 1 aromatic rings. The fourth-order valence-corrected chi connectivity index (χ4v) is 3.19. The predicted octanol–water partition coefficient (Wildman–Crippen LogP) is 2.78. The van der Waals surface area contributed by atoms with Gasteiger partial charge in [0.1, 0.15) is 0 Å². The Kier molecular flexibility index (Phi) is 6.17. The van der Waals surface area contributed by atoms with Crippen LogP contribution in [0.15, 0.2) is 24.0 Å². The van der Waals surface area contributed by atoms with Crippen molar-refractivity contribution in [2.45, 2.75) is 52.4 Å². The Balaban J connectivity index is 1.93. The molecule has 0 unspecified atom stereocenters. The number of carboxylic acid groups (broad SMARTS) is 1. The lowest BCUT2D eigenvalue weighted by Crippen LogP contribution is -2.49. The number of amides is 1. The van der Waals surface area contributed by atoms with Crippen molar-refractivity contribution in [3.8, 4) is 0 Å². The van der Waals surface area contributed by atoms with E-state index in [4.69, 9.17) is 0 Å². The van der Waals surface area contributed by atoms with Gasteiger partial charge in [-0.3, -0.25) is 14.7 Å². The SMILES string of the molecule is CC(C)=CC[C@]1(C(=O)O)CCCN(C(=O)CCCc2cn[nH]c2)C1. The van der Waals surface area contributed by atoms with Gasteiger partial charge in [-0.2, -0.15) is 5.10 Å². The second kappa shape index (κ2) is 8.13. The van der Waals surface area contributed by atoms with Gasteiger partial charge >= 0.3 is 5.97 Å². The van der Waals surface area contributed by atoms with Gasteiger partial charge in [0.25, 0.3) is 0 Å². The average Bonchev–Trinajstić information content (AvgIpc) is 3.06. The summed E-state index contributed by atoms with van der Waals surface area (Å²) in [4.78, 5) is 26.1. The molecule has 0 bridgehead atoms. The van der Waals surface area contributed by atoms with E-state index < -0.39 is 11.4 Å². The number of aryl methyl sites for hydroxylation is 1. The standard InChI is InChI=1S/C18H27N3O3/c1-14(2)7-9-18(17(23)24)8-4-10-21(13-18)16(22)6-3-5-15-11-19-20-12-15/h7,11-12H,3-6,8-10,13H2,1-2H3,(H,19,20)(H,23,24)/t18-/m1/s1. The van der Waals surface area contributed by atoms with Crippen molar-refractivity contribution in [3.05, 3.63) is 29.6 Å². The number of carboxylic acids is 1. The van der Waals surface area contributed by atoms with Crippen LogP contribution in [0.1, 0.15) is 51.5 Å². The molecule has 0 radical (unpaired) electrons. The van der Waals surface area contributed by atoms with Crippen molar-refractivity contribution in [2.75, 3.05) is 13.1 Å². The first-order valence-electron chi connectivity index (χ1n) is 8.55. The van der Waals surface area contributed by atoms with E-state index in [0.717, 1.165) is 30.4 Å². The zero-order chi connectivity index (χ0) is 17.6. The number of rotatable bonds is 7. The second-order valence-corrected chi connectivity index (χ2v) is 6.95. The summed E-state index contributed by atoms with van der Waals surface area (Å²) in [5.41, 5.74) is 1.36. The summed E-state index contributed by atoms with van der Waals surface area (Å²) >= 11 is 0. The maximum absolute atomic E-state index is 12.5. The number of allylic oxidation sites excluding steroid dienone is 2. The number of carbonyl (C=O) groups excluding carboxylic acids is 1. The number of likely N-dealkylation sites (tertiary alicyclic amines) is 1. The number of nitrogens with zero attached hydrogens (tertiary/aromatic N) is 2. The highest BCUT2D eigenvalue weighted by molar-refractivity contribution is 5.80. The van der Waals surface area contributed by atoms with Gasteiger partial charge in [0, 0.05) is 25.7 Å². The van der Waals surface area contributed by atoms with Crippen molar-refractivity contribution in [2.24, 2.45) is 5.41 Å². The molecule has 1 aliphatic heterocycles. The first kappa shape index (κ1) is 18.2. The summed E-state index contributed by atoms with van der Waals surface area (Å²) < 4.78 is 0. The molecule has 2 N–H and O–H groups in total. The summed E-state index contributed by atoms with van der Waals surface area (Å²) in [5, 5.41) is 16.4. The smallest absolute Gasteiger partial charge is 0.311 e. The first-order valence-corrected chi connectivity index (χ1v) is 8.55. The van der Waals surface area contributed by atoms with Gasteiger partial charge in [-0.15, -0.1) is 0 Å². The van der Waals surface area contributed by atoms with Gasteiger partial charge < -0.3 is 10.0 Å². The van der Waals surface area contributed by atoms with Gasteiger partial charge in [0.05, 0.1) is 11.6 Å². The lowest BCUT2D eigenvalue weighted by molar-refractivity contribution is -0.154. The van der Waals surface area contributed by atoms with E-state index in [0.29, 0.717) is 32.4 Å². The molecule has 2 heterocycles. The highest BCUT2D eigenvalue weighted by Gasteiger charge is 2.42. The van der Waals surface area contributed by atoms with Crippen LogP contribution in [-0.2, 0) is 16.0 Å². The van der Waals surface area contributed by atoms with Gasteiger partial charge in [0.2, 0.25) is 5.91 Å². The molecule has 0 spiro atoms. The van der Waals surface area contributed by atoms with Crippen LogP contribution in [0.5, 0.6) is 0 Å². The normalized spacial score (nSPS) is 20.7. The minimum absolute atomic E-state index is 0.0565. The van der Waals surface area contributed by atoms with Gasteiger partial charge in [0.15, 0.2) is 0 Å². The molecule has 1 fully saturated rings. The molecule has 132 valence electrons. The molecule has 6 nitrogen and oxygen atoms in total. The summed E-state index contributed by atoms with van der Waals surface area (Å²) in [7, 11) is 0. The fraction of sp³-hybridized carbons (Fsp3) is 0.611. The number of aromatic amines is 1. The molecular weight excluding hydrogens is 306 g/mol. The van der Waals surface area contributed by atoms with E-state index in [-0.39, 0.29) is 5.91 Å². The van der Waals surface area contributed by atoms with Crippen LogP contribution in [-0.4, -0.2) is 45.2 Å². The topological polar surface area (TPSA) is 86.3 Å². The van der Waals surface area contributed by atoms with E-state index in [2.05, 4.69) is 10.2 Å². The third kappa shape index (κ3) is 4.69. The van der Waals surface area contributed by atoms with E-state index in [1.807, 2.05) is 26.1 Å². The number of aliphatic carboxylic acids is 1. The summed E-state index contributed by atoms with van der Waals surface area (Å²) in [5.74, 6) is -0.739. The molecule has 0 aliphatic carbocycles. The zero-order valence-corrected chi connectivity index (χ0v) is 14.5. The van der Waals surface area contributed by atoms with Crippen LogP contribution in [0.4, 0.5) is 0 Å². The number of aromatic nitrogens is 2. The third-order valence-electron chi connectivity index (χ3n) is 4.70. The second-order valence-electron chi connectivity index (χ2n) is 6.95. The van der Waals surface area contributed by atoms with Crippen molar-refractivity contribution >= 4 is 11.9 Å². The number of nitrogens with one attached hydrogen (secondary N) is 1. The van der Waals surface area contributed by atoms with Crippen LogP contribution in [0.3, 0.4) is 0 Å². The molecular formula is C18H27N3O3. The van der Waals surface area contributed by atoms with Crippen LogP contribution in [0.2, 0.25) is 0 Å². The Morgan fingerprint density at radius 3 is 2.88 bits per heavy atom. The Labute approximate surface area is 142 Å². The monoisotopic (exact) mass is 333 g/mol. The molecule has 24 heavy (non-hydrogen) atoms. The Morgan fingerprint density at radius 1 is 1.46 bits per heavy atom. The quantitative estimate of drug-likeness (QED) is 0.751. The Hall–Kier alpha value is -2.11. The van der Waals surface area contributed by atoms with Crippen LogP contribution in [0, 0.1) is 5.41 Å². The van der Waals surface area contributed by atoms with Crippen molar-refractivity contribution in [3.63, 3.8) is 0 Å². The zero-order valence-electron chi connectivity index (χ0n) is 14.5. The molecule has 1 amide bonds. The van der Waals surface area contributed by atoms with Crippen LogP contribution >= 0.6 is 0 Å². The average molecular weight is 333 g/mol. The summed E-state index contributed by atoms with van der Waals surface area (Å²) in [6.45, 7) is 4.92. The number of H-pyrrole nitrogens is 1. The van der Waals surface area contributed by atoms with Crippen LogP contribution in [0.25, 0.3) is 0 Å². The number of hydrogen-bond acceptors (Lipinski definition) is 3. The molecule has 0 saturated carbocycles. The van der Waals surface area contributed by atoms with E-state index in [9.17, 15) is 14.7 Å². The van der Waals surface area contributed by atoms with Gasteiger partial charge in [-0.25, -0.2) is 0 Å². The lowest BCUT2D eigenvalue weighted by atomic mass is 9.76. The third-order valence-corrected chi connectivity index (χ3v) is 4.70. The highest BCUT2D eigenvalue weighted by Crippen LogP contribution is 2.35. The Morgan fingerprint density at radius 2 is 2.25 bits per heavy atom. The highest BCUT2D eigenvalue weighted by atomic mass is 16.4. The number of piperidine rings is 1. The molecule has 1 atom stereocenters. The Bertz CT molecular complexity index is 591. The fourth-order valence-electron chi connectivity index (χ4n) is 3.19. The molecule has 1 aliphatic rings. The maximum Gasteiger partial charge on any atom is 0.311 e. The van der Waals surface area contributed by atoms with Crippen molar-refractivity contribution in [1.82, 2.24) is 15.1 Å². The van der Waals surface area contributed by atoms with Gasteiger partial charge in [-0.05, 0) is 51.5 Å².